The van der Waals surface area contributed by atoms with Crippen molar-refractivity contribution in [1.29, 1.82) is 0 Å². The second-order valence-corrected chi connectivity index (χ2v) is 7.54. The Bertz CT molecular complexity index is 452. The molecule has 1 saturated carbocycles. The van der Waals surface area contributed by atoms with Crippen molar-refractivity contribution < 1.29 is 0 Å². The third-order valence-corrected chi connectivity index (χ3v) is 5.64. The number of nitrogens with zero attached hydrogens (tertiary/aromatic N) is 1. The molecule has 1 heterocycles. The average molecular weight is 286 g/mol. The van der Waals surface area contributed by atoms with E-state index in [4.69, 9.17) is 0 Å². The first-order chi connectivity index (χ1) is 10.1. The number of hydrogen-bond acceptors (Lipinski definition) is 2. The summed E-state index contributed by atoms with van der Waals surface area (Å²) in [5.74, 6) is 1.63. The summed E-state index contributed by atoms with van der Waals surface area (Å²) >= 11 is 0. The van der Waals surface area contributed by atoms with E-state index in [2.05, 4.69) is 61.3 Å². The van der Waals surface area contributed by atoms with E-state index in [1.165, 1.54) is 37.9 Å². The average Bonchev–Trinajstić information content (AvgIpc) is 3.32. The van der Waals surface area contributed by atoms with Crippen molar-refractivity contribution in [2.75, 3.05) is 19.6 Å². The normalized spacial score (nSPS) is 30.8. The van der Waals surface area contributed by atoms with Gasteiger partial charge in [-0.1, -0.05) is 44.2 Å². The number of piperazine rings is 1. The second-order valence-electron chi connectivity index (χ2n) is 7.54. The zero-order valence-corrected chi connectivity index (χ0v) is 13.8. The van der Waals surface area contributed by atoms with Crippen LogP contribution in [0.5, 0.6) is 0 Å². The largest absolute Gasteiger partial charge is 0.311 e. The van der Waals surface area contributed by atoms with Crippen molar-refractivity contribution in [3.63, 3.8) is 0 Å². The highest BCUT2D eigenvalue weighted by atomic mass is 15.3. The quantitative estimate of drug-likeness (QED) is 0.893. The van der Waals surface area contributed by atoms with E-state index in [0.29, 0.717) is 17.5 Å². The highest BCUT2D eigenvalue weighted by Gasteiger charge is 2.48. The zero-order chi connectivity index (χ0) is 14.9. The SMILES string of the molecule is CC(C)C1CN(CCc2ccccc2)C(C)(C2CC2)CN1. The first kappa shape index (κ1) is 15.1. The van der Waals surface area contributed by atoms with Gasteiger partial charge in [0.1, 0.15) is 0 Å². The van der Waals surface area contributed by atoms with Crippen LogP contribution in [-0.2, 0) is 6.42 Å². The molecule has 0 aromatic heterocycles. The maximum Gasteiger partial charge on any atom is 0.0334 e. The molecule has 0 radical (unpaired) electrons. The Morgan fingerprint density at radius 3 is 2.57 bits per heavy atom. The van der Waals surface area contributed by atoms with Crippen molar-refractivity contribution in [1.82, 2.24) is 10.2 Å². The van der Waals surface area contributed by atoms with E-state index < -0.39 is 0 Å². The summed E-state index contributed by atoms with van der Waals surface area (Å²) in [7, 11) is 0. The predicted molar refractivity (Wildman–Crippen MR) is 89.5 cm³/mol. The van der Waals surface area contributed by atoms with Crippen LogP contribution in [0.1, 0.15) is 39.2 Å². The lowest BCUT2D eigenvalue weighted by Gasteiger charge is -2.50. The molecular formula is C19H30N2. The van der Waals surface area contributed by atoms with Gasteiger partial charge in [0.05, 0.1) is 0 Å². The maximum atomic E-state index is 3.82. The lowest BCUT2D eigenvalue weighted by molar-refractivity contribution is 0.0265. The third-order valence-electron chi connectivity index (χ3n) is 5.64. The molecule has 1 aliphatic carbocycles. The first-order valence-electron chi connectivity index (χ1n) is 8.62. The smallest absolute Gasteiger partial charge is 0.0334 e. The van der Waals surface area contributed by atoms with Crippen molar-refractivity contribution >= 4 is 0 Å². The molecule has 2 heteroatoms. The standard InChI is InChI=1S/C19H30N2/c1-15(2)18-13-21(12-11-16-7-5-4-6-8-16)19(3,14-20-18)17-9-10-17/h4-8,15,17-18,20H,9-14H2,1-3H3. The lowest BCUT2D eigenvalue weighted by Crippen LogP contribution is -2.65. The number of nitrogens with one attached hydrogen (secondary N) is 1. The number of rotatable bonds is 5. The fourth-order valence-electron chi connectivity index (χ4n) is 3.77. The highest BCUT2D eigenvalue weighted by Crippen LogP contribution is 2.44. The molecule has 1 aliphatic heterocycles. The van der Waals surface area contributed by atoms with Gasteiger partial charge in [-0.05, 0) is 43.6 Å². The van der Waals surface area contributed by atoms with Gasteiger partial charge in [-0.15, -0.1) is 0 Å². The Balaban J connectivity index is 1.68. The van der Waals surface area contributed by atoms with Gasteiger partial charge < -0.3 is 5.32 Å². The molecule has 2 unspecified atom stereocenters. The summed E-state index contributed by atoms with van der Waals surface area (Å²) < 4.78 is 0. The molecule has 3 rings (SSSR count). The van der Waals surface area contributed by atoms with Crippen molar-refractivity contribution in [2.45, 2.75) is 51.6 Å². The molecule has 2 aliphatic rings. The summed E-state index contributed by atoms with van der Waals surface area (Å²) in [4.78, 5) is 2.79. The van der Waals surface area contributed by atoms with Gasteiger partial charge in [0.15, 0.2) is 0 Å². The molecule has 0 spiro atoms. The van der Waals surface area contributed by atoms with E-state index >= 15 is 0 Å². The third kappa shape index (κ3) is 3.32. The molecule has 1 saturated heterocycles. The molecule has 2 atom stereocenters. The fraction of sp³-hybridized carbons (Fsp3) is 0.684. The van der Waals surface area contributed by atoms with Crippen LogP contribution in [0.4, 0.5) is 0 Å². The summed E-state index contributed by atoms with van der Waals surface area (Å²) in [5.41, 5.74) is 1.84. The number of hydrogen-bond donors (Lipinski definition) is 1. The van der Waals surface area contributed by atoms with Gasteiger partial charge in [-0.2, -0.15) is 0 Å². The second kappa shape index (κ2) is 6.10. The topological polar surface area (TPSA) is 15.3 Å². The van der Waals surface area contributed by atoms with E-state index in [1.807, 2.05) is 0 Å². The number of benzene rings is 1. The fourth-order valence-corrected chi connectivity index (χ4v) is 3.77. The van der Waals surface area contributed by atoms with Gasteiger partial charge in [-0.3, -0.25) is 4.90 Å². The molecule has 0 amide bonds. The van der Waals surface area contributed by atoms with Gasteiger partial charge in [0.25, 0.3) is 0 Å². The summed E-state index contributed by atoms with van der Waals surface area (Å²) in [6, 6.07) is 11.6. The van der Waals surface area contributed by atoms with Crippen LogP contribution in [0.3, 0.4) is 0 Å². The van der Waals surface area contributed by atoms with E-state index in [9.17, 15) is 0 Å². The molecule has 2 nitrogen and oxygen atoms in total. The summed E-state index contributed by atoms with van der Waals surface area (Å²) in [5, 5.41) is 3.82. The molecular weight excluding hydrogens is 256 g/mol. The minimum Gasteiger partial charge on any atom is -0.311 e. The van der Waals surface area contributed by atoms with E-state index in [0.717, 1.165) is 12.5 Å². The molecule has 1 N–H and O–H groups in total. The van der Waals surface area contributed by atoms with Crippen LogP contribution in [0, 0.1) is 11.8 Å². The van der Waals surface area contributed by atoms with Crippen LogP contribution in [0.2, 0.25) is 0 Å². The van der Waals surface area contributed by atoms with Gasteiger partial charge >= 0.3 is 0 Å². The van der Waals surface area contributed by atoms with Crippen molar-refractivity contribution in [3.8, 4) is 0 Å². The lowest BCUT2D eigenvalue weighted by atomic mass is 9.87. The maximum absolute atomic E-state index is 3.82. The zero-order valence-electron chi connectivity index (χ0n) is 13.8. The van der Waals surface area contributed by atoms with Crippen LogP contribution in [-0.4, -0.2) is 36.1 Å². The Morgan fingerprint density at radius 1 is 1.24 bits per heavy atom. The molecule has 116 valence electrons. The van der Waals surface area contributed by atoms with Gasteiger partial charge in [0, 0.05) is 31.2 Å². The summed E-state index contributed by atoms with van der Waals surface area (Å²) in [6.45, 7) is 10.7. The van der Waals surface area contributed by atoms with Crippen molar-refractivity contribution in [2.24, 2.45) is 11.8 Å². The van der Waals surface area contributed by atoms with Gasteiger partial charge in [0.2, 0.25) is 0 Å². The van der Waals surface area contributed by atoms with Crippen molar-refractivity contribution in [3.05, 3.63) is 35.9 Å². The predicted octanol–water partition coefficient (Wildman–Crippen LogP) is 3.33. The Kier molecular flexibility index (Phi) is 4.37. The van der Waals surface area contributed by atoms with Crippen LogP contribution in [0.25, 0.3) is 0 Å². The van der Waals surface area contributed by atoms with E-state index in [1.54, 1.807) is 0 Å². The molecule has 21 heavy (non-hydrogen) atoms. The minimum absolute atomic E-state index is 0.375. The highest BCUT2D eigenvalue weighted by molar-refractivity contribution is 5.15. The van der Waals surface area contributed by atoms with E-state index in [-0.39, 0.29) is 0 Å². The Morgan fingerprint density at radius 2 is 1.95 bits per heavy atom. The summed E-state index contributed by atoms with van der Waals surface area (Å²) in [6.07, 6.45) is 4.02. The molecule has 1 aromatic rings. The minimum atomic E-state index is 0.375. The Labute approximate surface area is 129 Å². The van der Waals surface area contributed by atoms with Gasteiger partial charge in [-0.25, -0.2) is 0 Å². The van der Waals surface area contributed by atoms with Crippen LogP contribution < -0.4 is 5.32 Å². The van der Waals surface area contributed by atoms with Crippen LogP contribution >= 0.6 is 0 Å². The molecule has 0 bridgehead atoms. The van der Waals surface area contributed by atoms with Crippen LogP contribution in [0.15, 0.2) is 30.3 Å². The molecule has 2 fully saturated rings. The monoisotopic (exact) mass is 286 g/mol. The Hall–Kier alpha value is -0.860. The molecule has 1 aromatic carbocycles. The first-order valence-corrected chi connectivity index (χ1v) is 8.62.